The van der Waals surface area contributed by atoms with E-state index in [2.05, 4.69) is 25.9 Å². The van der Waals surface area contributed by atoms with E-state index in [4.69, 9.17) is 11.6 Å². The van der Waals surface area contributed by atoms with Crippen molar-refractivity contribution in [3.63, 3.8) is 0 Å². The van der Waals surface area contributed by atoms with Gasteiger partial charge in [-0.1, -0.05) is 11.6 Å². The third kappa shape index (κ3) is 2.24. The van der Waals surface area contributed by atoms with Crippen LogP contribution in [0.1, 0.15) is 5.56 Å². The van der Waals surface area contributed by atoms with Gasteiger partial charge in [-0.15, -0.1) is 0 Å². The molecule has 0 atom stereocenters. The average molecular weight is 341 g/mol. The van der Waals surface area contributed by atoms with E-state index in [0.29, 0.717) is 26.5 Å². The second-order valence-corrected chi connectivity index (χ2v) is 5.40. The molecule has 0 aliphatic carbocycles. The van der Waals surface area contributed by atoms with E-state index in [1.165, 1.54) is 6.07 Å². The van der Waals surface area contributed by atoms with Crippen LogP contribution in [0.25, 0.3) is 16.9 Å². The van der Waals surface area contributed by atoms with Crippen molar-refractivity contribution >= 4 is 33.2 Å². The maximum absolute atomic E-state index is 14.0. The van der Waals surface area contributed by atoms with Gasteiger partial charge in [0.2, 0.25) is 0 Å². The number of rotatable bonds is 1. The highest BCUT2D eigenvalue weighted by Crippen LogP contribution is 2.27. The van der Waals surface area contributed by atoms with Gasteiger partial charge in [-0.3, -0.25) is 0 Å². The second-order valence-electron chi connectivity index (χ2n) is 4.18. The van der Waals surface area contributed by atoms with Crippen LogP contribution in [0.15, 0.2) is 35.3 Å². The number of nitrogens with zero attached hydrogens (tertiary/aromatic N) is 3. The monoisotopic (exact) mass is 339 g/mol. The van der Waals surface area contributed by atoms with Crippen LogP contribution in [-0.2, 0) is 0 Å². The molecule has 0 N–H and O–H groups in total. The predicted octanol–water partition coefficient (Wildman–Crippen LogP) is 4.26. The Morgan fingerprint density at radius 3 is 2.89 bits per heavy atom. The number of benzene rings is 1. The van der Waals surface area contributed by atoms with Gasteiger partial charge < -0.3 is 4.40 Å². The van der Waals surface area contributed by atoms with Gasteiger partial charge in [-0.2, -0.15) is 0 Å². The van der Waals surface area contributed by atoms with Gasteiger partial charge in [-0.25, -0.2) is 14.4 Å². The van der Waals surface area contributed by atoms with E-state index in [0.717, 1.165) is 5.56 Å². The van der Waals surface area contributed by atoms with Crippen molar-refractivity contribution in [2.24, 2.45) is 0 Å². The van der Waals surface area contributed by atoms with Gasteiger partial charge in [0.15, 0.2) is 5.65 Å². The summed E-state index contributed by atoms with van der Waals surface area (Å²) < 4.78 is 16.4. The molecule has 6 heteroatoms. The molecule has 0 aliphatic heterocycles. The molecule has 3 rings (SSSR count). The number of hydrogen-bond donors (Lipinski definition) is 0. The van der Waals surface area contributed by atoms with Gasteiger partial charge in [0.25, 0.3) is 0 Å². The highest BCUT2D eigenvalue weighted by atomic mass is 79.9. The van der Waals surface area contributed by atoms with Crippen LogP contribution in [0.3, 0.4) is 0 Å². The number of halogens is 3. The number of fused-ring (bicyclic) bond motifs is 1. The van der Waals surface area contributed by atoms with Crippen molar-refractivity contribution in [1.29, 1.82) is 0 Å². The van der Waals surface area contributed by atoms with Crippen LogP contribution >= 0.6 is 27.5 Å². The highest BCUT2D eigenvalue weighted by Gasteiger charge is 2.12. The van der Waals surface area contributed by atoms with Crippen molar-refractivity contribution < 1.29 is 4.39 Å². The van der Waals surface area contributed by atoms with Crippen LogP contribution in [-0.4, -0.2) is 14.4 Å². The van der Waals surface area contributed by atoms with Crippen LogP contribution in [0, 0.1) is 12.7 Å². The zero-order valence-electron chi connectivity index (χ0n) is 9.86. The van der Waals surface area contributed by atoms with E-state index < -0.39 is 0 Å². The number of hydrogen-bond acceptors (Lipinski definition) is 2. The normalized spacial score (nSPS) is 11.2. The Labute approximate surface area is 122 Å². The summed E-state index contributed by atoms with van der Waals surface area (Å²) >= 11 is 9.17. The smallest absolute Gasteiger partial charge is 0.156 e. The molecule has 0 fully saturated rings. The maximum Gasteiger partial charge on any atom is 0.156 e. The SMILES string of the molecule is Cc1cc(-c2cn3cc(Br)ncc3n2)c(F)cc1Cl. The minimum atomic E-state index is -0.383. The summed E-state index contributed by atoms with van der Waals surface area (Å²) in [5.74, 6) is -0.383. The summed E-state index contributed by atoms with van der Waals surface area (Å²) in [6.07, 6.45) is 5.15. The first-order valence-electron chi connectivity index (χ1n) is 5.51. The Kier molecular flexibility index (Phi) is 3.03. The molecular formula is C13H8BrClFN3. The lowest BCUT2D eigenvalue weighted by Crippen LogP contribution is -1.87. The Hall–Kier alpha value is -1.46. The molecule has 0 saturated heterocycles. The fraction of sp³-hybridized carbons (Fsp3) is 0.0769. The van der Waals surface area contributed by atoms with Crippen molar-refractivity contribution in [3.8, 4) is 11.3 Å². The van der Waals surface area contributed by atoms with Gasteiger partial charge in [-0.05, 0) is 40.5 Å². The molecule has 3 nitrogen and oxygen atoms in total. The molecule has 19 heavy (non-hydrogen) atoms. The zero-order valence-corrected chi connectivity index (χ0v) is 12.2. The molecule has 0 unspecified atom stereocenters. The molecular weight excluding hydrogens is 333 g/mol. The Morgan fingerprint density at radius 2 is 2.11 bits per heavy atom. The van der Waals surface area contributed by atoms with Crippen LogP contribution < -0.4 is 0 Å². The number of aryl methyl sites for hydroxylation is 1. The summed E-state index contributed by atoms with van der Waals surface area (Å²) in [5.41, 5.74) is 2.46. The van der Waals surface area contributed by atoms with Gasteiger partial charge in [0.1, 0.15) is 10.4 Å². The standard InChI is InChI=1S/C13H8BrClFN3/c1-7-2-8(10(16)3-9(7)15)11-5-19-6-12(14)17-4-13(19)18-11/h2-6H,1H3. The van der Waals surface area contributed by atoms with Gasteiger partial charge >= 0.3 is 0 Å². The molecule has 0 amide bonds. The summed E-state index contributed by atoms with van der Waals surface area (Å²) in [6, 6.07) is 3.01. The van der Waals surface area contributed by atoms with Crippen LogP contribution in [0.5, 0.6) is 0 Å². The van der Waals surface area contributed by atoms with E-state index in [1.54, 1.807) is 29.1 Å². The highest BCUT2D eigenvalue weighted by molar-refractivity contribution is 9.10. The molecule has 2 aromatic heterocycles. The minimum Gasteiger partial charge on any atom is -0.302 e. The van der Waals surface area contributed by atoms with Crippen molar-refractivity contribution in [3.05, 3.63) is 51.7 Å². The van der Waals surface area contributed by atoms with E-state index in [1.807, 2.05) is 6.92 Å². The molecule has 0 radical (unpaired) electrons. The molecule has 3 aromatic rings. The number of imidazole rings is 1. The lowest BCUT2D eigenvalue weighted by atomic mass is 10.1. The predicted molar refractivity (Wildman–Crippen MR) is 75.8 cm³/mol. The molecule has 0 bridgehead atoms. The van der Waals surface area contributed by atoms with E-state index >= 15 is 0 Å². The van der Waals surface area contributed by atoms with Crippen LogP contribution in [0.4, 0.5) is 4.39 Å². The first kappa shape index (κ1) is 12.6. The first-order valence-corrected chi connectivity index (χ1v) is 6.68. The third-order valence-corrected chi connectivity index (χ3v) is 3.65. The van der Waals surface area contributed by atoms with Crippen molar-refractivity contribution in [2.45, 2.75) is 6.92 Å². The average Bonchev–Trinajstić information content (AvgIpc) is 2.76. The summed E-state index contributed by atoms with van der Waals surface area (Å²) in [5, 5.41) is 0.412. The minimum absolute atomic E-state index is 0.383. The van der Waals surface area contributed by atoms with Crippen LogP contribution in [0.2, 0.25) is 5.02 Å². The van der Waals surface area contributed by atoms with Gasteiger partial charge in [0.05, 0.1) is 11.9 Å². The first-order chi connectivity index (χ1) is 9.04. The number of aromatic nitrogens is 3. The molecule has 0 aliphatic rings. The van der Waals surface area contributed by atoms with Crippen molar-refractivity contribution in [1.82, 2.24) is 14.4 Å². The topological polar surface area (TPSA) is 30.2 Å². The zero-order chi connectivity index (χ0) is 13.6. The second kappa shape index (κ2) is 4.58. The Bertz CT molecular complexity index is 785. The Balaban J connectivity index is 2.21. The largest absolute Gasteiger partial charge is 0.302 e. The lowest BCUT2D eigenvalue weighted by molar-refractivity contribution is 0.630. The summed E-state index contributed by atoms with van der Waals surface area (Å²) in [4.78, 5) is 8.44. The molecule has 0 saturated carbocycles. The lowest BCUT2D eigenvalue weighted by Gasteiger charge is -2.03. The molecule has 96 valence electrons. The maximum atomic E-state index is 14.0. The third-order valence-electron chi connectivity index (χ3n) is 2.83. The quantitative estimate of drug-likeness (QED) is 0.662. The van der Waals surface area contributed by atoms with E-state index in [-0.39, 0.29) is 5.82 Å². The Morgan fingerprint density at radius 1 is 1.32 bits per heavy atom. The molecule has 0 spiro atoms. The molecule has 1 aromatic carbocycles. The van der Waals surface area contributed by atoms with E-state index in [9.17, 15) is 4.39 Å². The van der Waals surface area contributed by atoms with Crippen molar-refractivity contribution in [2.75, 3.05) is 0 Å². The fourth-order valence-corrected chi connectivity index (χ4v) is 2.33. The fourth-order valence-electron chi connectivity index (χ4n) is 1.86. The molecule has 2 heterocycles. The van der Waals surface area contributed by atoms with Gasteiger partial charge in [0, 0.05) is 23.0 Å². The summed E-state index contributed by atoms with van der Waals surface area (Å²) in [6.45, 7) is 1.83. The summed E-state index contributed by atoms with van der Waals surface area (Å²) in [7, 11) is 0.